The summed E-state index contributed by atoms with van der Waals surface area (Å²) in [5.74, 6) is -0.546. The minimum absolute atomic E-state index is 0.00300. The SMILES string of the molecule is CC1C(NC(=O)CSc2nc3c(c(=O)n(C)c(=O)n3C)n2C)C(=O)N(c2ccccc2)N1C. The first-order valence-corrected chi connectivity index (χ1v) is 11.3. The molecule has 4 rings (SSSR count). The third-order valence-corrected chi connectivity index (χ3v) is 6.98. The molecule has 2 atom stereocenters. The van der Waals surface area contributed by atoms with Crippen LogP contribution in [0.2, 0.25) is 0 Å². The number of nitrogens with zero attached hydrogens (tertiary/aromatic N) is 6. The number of anilines is 1. The van der Waals surface area contributed by atoms with Crippen LogP contribution in [0.3, 0.4) is 0 Å². The normalized spacial score (nSPS) is 18.9. The van der Waals surface area contributed by atoms with Crippen LogP contribution in [0.4, 0.5) is 5.69 Å². The second-order valence-electron chi connectivity index (χ2n) is 7.97. The van der Waals surface area contributed by atoms with Crippen molar-refractivity contribution in [2.24, 2.45) is 21.1 Å². The van der Waals surface area contributed by atoms with Gasteiger partial charge in [-0.2, -0.15) is 0 Å². The van der Waals surface area contributed by atoms with E-state index in [1.54, 1.807) is 35.7 Å². The Labute approximate surface area is 193 Å². The second-order valence-corrected chi connectivity index (χ2v) is 8.91. The summed E-state index contributed by atoms with van der Waals surface area (Å²) >= 11 is 1.13. The fraction of sp³-hybridized carbons (Fsp3) is 0.381. The quantitative estimate of drug-likeness (QED) is 0.514. The van der Waals surface area contributed by atoms with Gasteiger partial charge in [-0.1, -0.05) is 30.0 Å². The maximum atomic E-state index is 13.0. The lowest BCUT2D eigenvalue weighted by atomic mass is 10.1. The van der Waals surface area contributed by atoms with Crippen LogP contribution in [-0.2, 0) is 30.7 Å². The molecule has 2 amide bonds. The van der Waals surface area contributed by atoms with Gasteiger partial charge in [0.05, 0.1) is 17.5 Å². The van der Waals surface area contributed by atoms with Gasteiger partial charge in [0, 0.05) is 28.2 Å². The number of hydrogen-bond donors (Lipinski definition) is 1. The number of carbonyl (C=O) groups excluding carboxylic acids is 2. The minimum atomic E-state index is -0.697. The Hall–Kier alpha value is -3.38. The molecule has 0 bridgehead atoms. The lowest BCUT2D eigenvalue weighted by Gasteiger charge is -2.26. The van der Waals surface area contributed by atoms with E-state index in [0.717, 1.165) is 22.0 Å². The Morgan fingerprint density at radius 2 is 1.70 bits per heavy atom. The highest BCUT2D eigenvalue weighted by Gasteiger charge is 2.43. The Kier molecular flexibility index (Phi) is 5.89. The fourth-order valence-corrected chi connectivity index (χ4v) is 4.70. The first-order chi connectivity index (χ1) is 15.6. The smallest absolute Gasteiger partial charge is 0.332 e. The van der Waals surface area contributed by atoms with E-state index < -0.39 is 17.3 Å². The molecule has 1 saturated heterocycles. The fourth-order valence-electron chi connectivity index (χ4n) is 3.93. The van der Waals surface area contributed by atoms with Crippen molar-refractivity contribution in [3.63, 3.8) is 0 Å². The van der Waals surface area contributed by atoms with Crippen molar-refractivity contribution in [3.8, 4) is 0 Å². The highest BCUT2D eigenvalue weighted by atomic mass is 32.2. The average molecular weight is 472 g/mol. The maximum Gasteiger partial charge on any atom is 0.332 e. The summed E-state index contributed by atoms with van der Waals surface area (Å²) in [5, 5.41) is 6.61. The van der Waals surface area contributed by atoms with Gasteiger partial charge in [0.1, 0.15) is 6.04 Å². The minimum Gasteiger partial charge on any atom is -0.342 e. The van der Waals surface area contributed by atoms with E-state index >= 15 is 0 Å². The third-order valence-electron chi connectivity index (χ3n) is 5.95. The number of hydrazine groups is 1. The summed E-state index contributed by atoms with van der Waals surface area (Å²) in [6.07, 6.45) is 0. The van der Waals surface area contributed by atoms with Crippen LogP contribution in [0.1, 0.15) is 6.92 Å². The van der Waals surface area contributed by atoms with Crippen LogP contribution in [0.25, 0.3) is 11.2 Å². The van der Waals surface area contributed by atoms with E-state index in [1.807, 2.05) is 37.3 Å². The standard InChI is InChI=1S/C21H25N7O4S/c1-12-15(18(30)28(27(12)5)13-9-7-6-8-10-13)22-14(29)11-33-20-23-17-16(24(20)2)19(31)26(4)21(32)25(17)3/h6-10,12,15H,11H2,1-5H3,(H,22,29). The van der Waals surface area contributed by atoms with Crippen molar-refractivity contribution in [3.05, 3.63) is 51.2 Å². The van der Waals surface area contributed by atoms with Crippen LogP contribution >= 0.6 is 11.8 Å². The molecule has 0 spiro atoms. The Morgan fingerprint density at radius 1 is 1.03 bits per heavy atom. The lowest BCUT2D eigenvalue weighted by molar-refractivity contribution is -0.125. The number of aryl methyl sites for hydroxylation is 2. The van der Waals surface area contributed by atoms with E-state index in [4.69, 9.17) is 0 Å². The van der Waals surface area contributed by atoms with E-state index in [0.29, 0.717) is 5.16 Å². The molecule has 0 aliphatic carbocycles. The average Bonchev–Trinajstić information content (AvgIpc) is 3.24. The summed E-state index contributed by atoms with van der Waals surface area (Å²) in [4.78, 5) is 54.8. The van der Waals surface area contributed by atoms with Gasteiger partial charge in [0.25, 0.3) is 11.5 Å². The number of fused-ring (bicyclic) bond motifs is 1. The number of carbonyl (C=O) groups is 2. The summed E-state index contributed by atoms with van der Waals surface area (Å²) in [5.41, 5.74) is 0.347. The number of likely N-dealkylation sites (N-methyl/N-ethyl adjacent to an activating group) is 1. The Morgan fingerprint density at radius 3 is 2.36 bits per heavy atom. The van der Waals surface area contributed by atoms with E-state index in [-0.39, 0.29) is 34.8 Å². The number of nitrogens with one attached hydrogen (secondary N) is 1. The third kappa shape index (κ3) is 3.74. The van der Waals surface area contributed by atoms with Gasteiger partial charge < -0.3 is 9.88 Å². The number of benzene rings is 1. The number of hydrogen-bond acceptors (Lipinski definition) is 7. The molecule has 0 radical (unpaired) electrons. The Bertz CT molecular complexity index is 1360. The molecule has 1 aromatic carbocycles. The van der Waals surface area contributed by atoms with Crippen molar-refractivity contribution < 1.29 is 9.59 Å². The maximum absolute atomic E-state index is 13.0. The molecular weight excluding hydrogens is 446 g/mol. The van der Waals surface area contributed by atoms with Crippen molar-refractivity contribution >= 4 is 40.4 Å². The molecule has 3 heterocycles. The molecule has 3 aromatic rings. The predicted octanol–water partition coefficient (Wildman–Crippen LogP) is -0.170. The van der Waals surface area contributed by atoms with Crippen LogP contribution in [0.15, 0.2) is 45.1 Å². The van der Waals surface area contributed by atoms with E-state index in [1.165, 1.54) is 11.6 Å². The molecule has 0 saturated carbocycles. The van der Waals surface area contributed by atoms with Crippen LogP contribution in [0.5, 0.6) is 0 Å². The number of aromatic nitrogens is 4. The summed E-state index contributed by atoms with van der Waals surface area (Å²) in [6.45, 7) is 1.88. The molecule has 11 nitrogen and oxygen atoms in total. The molecule has 1 aliphatic rings. The van der Waals surface area contributed by atoms with Gasteiger partial charge >= 0.3 is 5.69 Å². The molecule has 2 aromatic heterocycles. The number of rotatable bonds is 5. The first-order valence-electron chi connectivity index (χ1n) is 10.3. The molecule has 12 heteroatoms. The topological polar surface area (TPSA) is 114 Å². The zero-order valence-corrected chi connectivity index (χ0v) is 19.8. The van der Waals surface area contributed by atoms with Crippen molar-refractivity contribution in [1.29, 1.82) is 0 Å². The molecule has 174 valence electrons. The van der Waals surface area contributed by atoms with Gasteiger partial charge in [-0.3, -0.25) is 23.5 Å². The molecule has 1 N–H and O–H groups in total. The van der Waals surface area contributed by atoms with Gasteiger partial charge in [-0.25, -0.2) is 19.8 Å². The molecular formula is C21H25N7O4S. The lowest BCUT2D eigenvalue weighted by Crippen LogP contribution is -2.46. The summed E-state index contributed by atoms with van der Waals surface area (Å²) < 4.78 is 3.89. The molecule has 2 unspecified atom stereocenters. The van der Waals surface area contributed by atoms with Crippen molar-refractivity contribution in [2.75, 3.05) is 17.8 Å². The highest BCUT2D eigenvalue weighted by molar-refractivity contribution is 7.99. The first kappa shape index (κ1) is 22.8. The zero-order valence-electron chi connectivity index (χ0n) is 19.0. The van der Waals surface area contributed by atoms with Crippen LogP contribution in [-0.4, -0.2) is 60.4 Å². The number of imidazole rings is 1. The Balaban J connectivity index is 1.50. The predicted molar refractivity (Wildman–Crippen MR) is 125 cm³/mol. The van der Waals surface area contributed by atoms with E-state index in [2.05, 4.69) is 10.3 Å². The summed E-state index contributed by atoms with van der Waals surface area (Å²) in [6, 6.07) is 8.32. The molecule has 33 heavy (non-hydrogen) atoms. The monoisotopic (exact) mass is 471 g/mol. The van der Waals surface area contributed by atoms with E-state index in [9.17, 15) is 19.2 Å². The van der Waals surface area contributed by atoms with Crippen molar-refractivity contribution in [1.82, 2.24) is 29.0 Å². The number of thioether (sulfide) groups is 1. The molecule has 1 fully saturated rings. The van der Waals surface area contributed by atoms with Gasteiger partial charge in [0.15, 0.2) is 16.3 Å². The molecule has 1 aliphatic heterocycles. The largest absolute Gasteiger partial charge is 0.342 e. The van der Waals surface area contributed by atoms with Crippen molar-refractivity contribution in [2.45, 2.75) is 24.2 Å². The summed E-state index contributed by atoms with van der Waals surface area (Å²) in [7, 11) is 6.42. The van der Waals surface area contributed by atoms with Gasteiger partial charge in [-0.15, -0.1) is 0 Å². The van der Waals surface area contributed by atoms with Gasteiger partial charge in [0.2, 0.25) is 5.91 Å². The number of amides is 2. The second kappa shape index (κ2) is 8.52. The van der Waals surface area contributed by atoms with Crippen LogP contribution in [0, 0.1) is 0 Å². The zero-order chi connectivity index (χ0) is 24.0. The highest BCUT2D eigenvalue weighted by Crippen LogP contribution is 2.26. The van der Waals surface area contributed by atoms with Crippen LogP contribution < -0.4 is 21.6 Å². The number of para-hydroxylation sites is 1. The van der Waals surface area contributed by atoms with Gasteiger partial charge in [-0.05, 0) is 19.1 Å².